The highest BCUT2D eigenvalue weighted by Gasteiger charge is 2.33. The Labute approximate surface area is 70.7 Å². The van der Waals surface area contributed by atoms with Crippen LogP contribution in [0.3, 0.4) is 0 Å². The zero-order valence-corrected chi connectivity index (χ0v) is 8.06. The first-order chi connectivity index (χ1) is 5.27. The molecular weight excluding hydrogens is 132 g/mol. The molecule has 11 heavy (non-hydrogen) atoms. The van der Waals surface area contributed by atoms with E-state index in [1.54, 1.807) is 5.57 Å². The van der Waals surface area contributed by atoms with Gasteiger partial charge in [0.1, 0.15) is 0 Å². The summed E-state index contributed by atoms with van der Waals surface area (Å²) in [6, 6.07) is 0. The van der Waals surface area contributed by atoms with Crippen molar-refractivity contribution in [2.45, 2.75) is 46.5 Å². The van der Waals surface area contributed by atoms with Crippen molar-refractivity contribution in [1.29, 1.82) is 0 Å². The summed E-state index contributed by atoms with van der Waals surface area (Å²) in [4.78, 5) is 0. The summed E-state index contributed by atoms with van der Waals surface area (Å²) in [5.41, 5.74) is 1.58. The molecule has 0 aliphatic heterocycles. The van der Waals surface area contributed by atoms with Crippen molar-refractivity contribution in [3.8, 4) is 0 Å². The smallest absolute Gasteiger partial charge is 0.0200 e. The Kier molecular flexibility index (Phi) is 3.16. The molecule has 0 heteroatoms. The molecule has 0 aromatic carbocycles. The van der Waals surface area contributed by atoms with Gasteiger partial charge < -0.3 is 0 Å². The van der Waals surface area contributed by atoms with E-state index in [9.17, 15) is 0 Å². The molecule has 0 saturated heterocycles. The second-order valence-corrected chi connectivity index (χ2v) is 3.81. The van der Waals surface area contributed by atoms with Gasteiger partial charge in [-0.3, -0.25) is 0 Å². The second-order valence-electron chi connectivity index (χ2n) is 3.81. The van der Waals surface area contributed by atoms with Gasteiger partial charge in [-0.25, -0.2) is 0 Å². The zero-order valence-electron chi connectivity index (χ0n) is 8.06. The van der Waals surface area contributed by atoms with E-state index in [0.29, 0.717) is 0 Å². The van der Waals surface area contributed by atoms with Gasteiger partial charge in [-0.1, -0.05) is 38.3 Å². The van der Waals surface area contributed by atoms with Gasteiger partial charge >= 0.3 is 0 Å². The molecule has 0 aromatic rings. The average Bonchev–Trinajstić information content (AvgIpc) is 2.69. The molecule has 2 unspecified atom stereocenters. The van der Waals surface area contributed by atoms with Crippen molar-refractivity contribution in [3.63, 3.8) is 0 Å². The van der Waals surface area contributed by atoms with Crippen LogP contribution >= 0.6 is 0 Å². The quantitative estimate of drug-likeness (QED) is 0.538. The van der Waals surface area contributed by atoms with Crippen LogP contribution in [0, 0.1) is 11.8 Å². The maximum absolute atomic E-state index is 2.49. The zero-order chi connectivity index (χ0) is 8.27. The summed E-state index contributed by atoms with van der Waals surface area (Å²) < 4.78 is 0. The highest BCUT2D eigenvalue weighted by molar-refractivity contribution is 5.08. The Bertz CT molecular complexity index is 144. The molecule has 1 aliphatic carbocycles. The van der Waals surface area contributed by atoms with Gasteiger partial charge in [0.05, 0.1) is 0 Å². The van der Waals surface area contributed by atoms with Gasteiger partial charge in [0.25, 0.3) is 0 Å². The maximum Gasteiger partial charge on any atom is -0.0200 e. The summed E-state index contributed by atoms with van der Waals surface area (Å²) in [5, 5.41) is 0. The average molecular weight is 152 g/mol. The molecule has 1 rings (SSSR count). The van der Waals surface area contributed by atoms with Gasteiger partial charge in [0.2, 0.25) is 0 Å². The Balaban J connectivity index is 2.22. The van der Waals surface area contributed by atoms with Crippen LogP contribution in [0.4, 0.5) is 0 Å². The van der Waals surface area contributed by atoms with Gasteiger partial charge in [-0.2, -0.15) is 0 Å². The van der Waals surface area contributed by atoms with Gasteiger partial charge in [0, 0.05) is 0 Å². The molecule has 1 fully saturated rings. The molecule has 0 nitrogen and oxygen atoms in total. The predicted octanol–water partition coefficient (Wildman–Crippen LogP) is 3.78. The minimum atomic E-state index is 0.954. The van der Waals surface area contributed by atoms with E-state index in [4.69, 9.17) is 0 Å². The topological polar surface area (TPSA) is 0 Å². The molecule has 64 valence electrons. The standard InChI is InChI=1S/C11H20/c1-4-6-10-8-11(10)7-9(3)5-2/h7,10-11H,4-6,8H2,1-3H3. The lowest BCUT2D eigenvalue weighted by molar-refractivity contribution is 0.677. The molecule has 0 N–H and O–H groups in total. The van der Waals surface area contributed by atoms with E-state index in [0.717, 1.165) is 11.8 Å². The van der Waals surface area contributed by atoms with Crippen LogP contribution in [-0.2, 0) is 0 Å². The van der Waals surface area contributed by atoms with Crippen molar-refractivity contribution in [2.24, 2.45) is 11.8 Å². The fraction of sp³-hybridized carbons (Fsp3) is 0.818. The minimum absolute atomic E-state index is 0.954. The summed E-state index contributed by atoms with van der Waals surface area (Å²) in [7, 11) is 0. The number of hydrogen-bond donors (Lipinski definition) is 0. The monoisotopic (exact) mass is 152 g/mol. The van der Waals surface area contributed by atoms with Crippen LogP contribution in [0.15, 0.2) is 11.6 Å². The van der Waals surface area contributed by atoms with Gasteiger partial charge in [-0.15, -0.1) is 0 Å². The fourth-order valence-electron chi connectivity index (χ4n) is 1.66. The molecular formula is C11H20. The lowest BCUT2D eigenvalue weighted by atomic mass is 10.1. The third-order valence-electron chi connectivity index (χ3n) is 2.69. The molecule has 0 aromatic heterocycles. The van der Waals surface area contributed by atoms with Crippen LogP contribution < -0.4 is 0 Å². The highest BCUT2D eigenvalue weighted by Crippen LogP contribution is 2.43. The summed E-state index contributed by atoms with van der Waals surface area (Å²) >= 11 is 0. The first kappa shape index (κ1) is 8.83. The Morgan fingerprint density at radius 3 is 2.73 bits per heavy atom. The van der Waals surface area contributed by atoms with Crippen molar-refractivity contribution < 1.29 is 0 Å². The van der Waals surface area contributed by atoms with Crippen LogP contribution in [0.5, 0.6) is 0 Å². The Morgan fingerprint density at radius 1 is 1.45 bits per heavy atom. The fourth-order valence-corrected chi connectivity index (χ4v) is 1.66. The van der Waals surface area contributed by atoms with Crippen molar-refractivity contribution in [1.82, 2.24) is 0 Å². The minimum Gasteiger partial charge on any atom is -0.0822 e. The largest absolute Gasteiger partial charge is 0.0822 e. The highest BCUT2D eigenvalue weighted by atomic mass is 14.4. The third kappa shape index (κ3) is 2.69. The third-order valence-corrected chi connectivity index (χ3v) is 2.69. The van der Waals surface area contributed by atoms with E-state index in [2.05, 4.69) is 26.8 Å². The van der Waals surface area contributed by atoms with E-state index in [1.807, 2.05) is 0 Å². The van der Waals surface area contributed by atoms with Crippen LogP contribution in [0.1, 0.15) is 46.5 Å². The van der Waals surface area contributed by atoms with Crippen molar-refractivity contribution in [2.75, 3.05) is 0 Å². The SMILES string of the molecule is CCCC1CC1C=C(C)CC. The van der Waals surface area contributed by atoms with Crippen LogP contribution in [-0.4, -0.2) is 0 Å². The summed E-state index contributed by atoms with van der Waals surface area (Å²) in [6.07, 6.45) is 7.99. The molecule has 0 radical (unpaired) electrons. The molecule has 2 atom stereocenters. The summed E-state index contributed by atoms with van der Waals surface area (Å²) in [5.74, 6) is 2.00. The Hall–Kier alpha value is -0.260. The van der Waals surface area contributed by atoms with Crippen molar-refractivity contribution >= 4 is 0 Å². The summed E-state index contributed by atoms with van der Waals surface area (Å²) in [6.45, 7) is 6.77. The van der Waals surface area contributed by atoms with Gasteiger partial charge in [0.15, 0.2) is 0 Å². The second kappa shape index (κ2) is 3.94. The van der Waals surface area contributed by atoms with Crippen molar-refractivity contribution in [3.05, 3.63) is 11.6 Å². The molecule has 0 spiro atoms. The lowest BCUT2D eigenvalue weighted by Gasteiger charge is -1.94. The molecule has 0 bridgehead atoms. The number of allylic oxidation sites excluding steroid dienone is 2. The van der Waals surface area contributed by atoms with E-state index in [1.165, 1.54) is 25.7 Å². The molecule has 1 aliphatic rings. The predicted molar refractivity (Wildman–Crippen MR) is 50.6 cm³/mol. The van der Waals surface area contributed by atoms with Crippen LogP contribution in [0.2, 0.25) is 0 Å². The molecule has 0 heterocycles. The lowest BCUT2D eigenvalue weighted by Crippen LogP contribution is -1.80. The number of rotatable bonds is 4. The first-order valence-corrected chi connectivity index (χ1v) is 4.95. The van der Waals surface area contributed by atoms with Gasteiger partial charge in [-0.05, 0) is 31.6 Å². The van der Waals surface area contributed by atoms with E-state index < -0.39 is 0 Å². The number of hydrogen-bond acceptors (Lipinski definition) is 0. The van der Waals surface area contributed by atoms with Crippen LogP contribution in [0.25, 0.3) is 0 Å². The first-order valence-electron chi connectivity index (χ1n) is 4.95. The normalized spacial score (nSPS) is 30.6. The molecule has 0 amide bonds. The van der Waals surface area contributed by atoms with E-state index in [-0.39, 0.29) is 0 Å². The molecule has 1 saturated carbocycles. The maximum atomic E-state index is 2.49. The van der Waals surface area contributed by atoms with E-state index >= 15 is 0 Å². The Morgan fingerprint density at radius 2 is 2.18 bits per heavy atom.